The number of unbranched alkanes of at least 4 members (excludes halogenated alkanes) is 1. The minimum absolute atomic E-state index is 0.400. The lowest BCUT2D eigenvalue weighted by Gasteiger charge is -2.08. The van der Waals surface area contributed by atoms with Gasteiger partial charge in [-0.05, 0) is 48.9 Å². The average Bonchev–Trinajstić information content (AvgIpc) is 3.13. The molecule has 0 spiro atoms. The Morgan fingerprint density at radius 3 is 2.52 bits per heavy atom. The van der Waals surface area contributed by atoms with E-state index >= 15 is 0 Å². The molecule has 160 valence electrons. The Balaban J connectivity index is 1.89. The van der Waals surface area contributed by atoms with E-state index in [1.54, 1.807) is 12.3 Å². The second kappa shape index (κ2) is 8.33. The van der Waals surface area contributed by atoms with Crippen molar-refractivity contribution in [3.8, 4) is 22.5 Å². The van der Waals surface area contributed by atoms with Crippen molar-refractivity contribution in [3.05, 3.63) is 66.2 Å². The van der Waals surface area contributed by atoms with E-state index in [1.165, 1.54) is 34.8 Å². The SMILES string of the molecule is CCCCNc1nccc(-c2c(-c3ccc(F)cc3)nn3cc(C(F)(F)F)ccc23)n1. The summed E-state index contributed by atoms with van der Waals surface area (Å²) < 4.78 is 54.2. The van der Waals surface area contributed by atoms with Crippen LogP contribution in [0.1, 0.15) is 25.3 Å². The summed E-state index contributed by atoms with van der Waals surface area (Å²) in [5.74, 6) is 0.000126. The van der Waals surface area contributed by atoms with Crippen molar-refractivity contribution in [2.75, 3.05) is 11.9 Å². The van der Waals surface area contributed by atoms with Crippen LogP contribution in [-0.4, -0.2) is 26.1 Å². The van der Waals surface area contributed by atoms with Gasteiger partial charge in [0, 0.05) is 24.5 Å². The molecular weight excluding hydrogens is 410 g/mol. The molecule has 0 unspecified atom stereocenters. The van der Waals surface area contributed by atoms with Crippen LogP contribution in [0.2, 0.25) is 0 Å². The highest BCUT2D eigenvalue weighted by atomic mass is 19.4. The fraction of sp³-hybridized carbons (Fsp3) is 0.227. The van der Waals surface area contributed by atoms with E-state index in [4.69, 9.17) is 0 Å². The van der Waals surface area contributed by atoms with Gasteiger partial charge in [-0.2, -0.15) is 18.3 Å². The normalized spacial score (nSPS) is 11.8. The smallest absolute Gasteiger partial charge is 0.354 e. The van der Waals surface area contributed by atoms with Crippen molar-refractivity contribution in [2.45, 2.75) is 25.9 Å². The largest absolute Gasteiger partial charge is 0.417 e. The zero-order chi connectivity index (χ0) is 22.0. The highest BCUT2D eigenvalue weighted by Gasteiger charge is 2.31. The van der Waals surface area contributed by atoms with Crippen LogP contribution in [0, 0.1) is 5.82 Å². The van der Waals surface area contributed by atoms with Crippen LogP contribution in [0.25, 0.3) is 28.0 Å². The molecule has 0 saturated carbocycles. The van der Waals surface area contributed by atoms with Gasteiger partial charge in [-0.25, -0.2) is 18.9 Å². The first-order chi connectivity index (χ1) is 14.9. The maximum Gasteiger partial charge on any atom is 0.417 e. The quantitative estimate of drug-likeness (QED) is 0.310. The standard InChI is InChI=1S/C22H19F4N5/c1-2-3-11-27-21-28-12-10-17(29-21)19-18-9-6-15(22(24,25)26)13-31(18)30-20(19)14-4-7-16(23)8-5-14/h4-10,12-13H,2-3,11H2,1H3,(H,27,28,29). The van der Waals surface area contributed by atoms with Crippen LogP contribution in [-0.2, 0) is 6.18 Å². The van der Waals surface area contributed by atoms with Gasteiger partial charge < -0.3 is 5.32 Å². The molecule has 0 bridgehead atoms. The molecule has 1 aromatic carbocycles. The minimum atomic E-state index is -4.50. The number of rotatable bonds is 6. The Morgan fingerprint density at radius 1 is 1.03 bits per heavy atom. The summed E-state index contributed by atoms with van der Waals surface area (Å²) in [6.45, 7) is 2.77. The molecule has 0 aliphatic heterocycles. The summed E-state index contributed by atoms with van der Waals surface area (Å²) >= 11 is 0. The molecule has 0 saturated heterocycles. The highest BCUT2D eigenvalue weighted by molar-refractivity contribution is 5.91. The number of fused-ring (bicyclic) bond motifs is 1. The summed E-state index contributed by atoms with van der Waals surface area (Å²) in [4.78, 5) is 8.75. The summed E-state index contributed by atoms with van der Waals surface area (Å²) in [6.07, 6.45) is -0.0178. The topological polar surface area (TPSA) is 55.1 Å². The first-order valence-electron chi connectivity index (χ1n) is 9.79. The Hall–Kier alpha value is -3.49. The second-order valence-electron chi connectivity index (χ2n) is 7.02. The maximum absolute atomic E-state index is 13.4. The fourth-order valence-electron chi connectivity index (χ4n) is 3.24. The number of anilines is 1. The number of hydrogen-bond donors (Lipinski definition) is 1. The number of halogens is 4. The van der Waals surface area contributed by atoms with Crippen molar-refractivity contribution in [3.63, 3.8) is 0 Å². The molecule has 0 atom stereocenters. The second-order valence-corrected chi connectivity index (χ2v) is 7.02. The molecule has 0 aliphatic rings. The van der Waals surface area contributed by atoms with Crippen LogP contribution in [0.4, 0.5) is 23.5 Å². The molecule has 4 rings (SSSR count). The third-order valence-electron chi connectivity index (χ3n) is 4.80. The summed E-state index contributed by atoms with van der Waals surface area (Å²) in [7, 11) is 0. The third kappa shape index (κ3) is 4.35. The number of hydrogen-bond acceptors (Lipinski definition) is 4. The highest BCUT2D eigenvalue weighted by Crippen LogP contribution is 2.36. The van der Waals surface area contributed by atoms with E-state index in [1.807, 2.05) is 0 Å². The number of nitrogens with zero attached hydrogens (tertiary/aromatic N) is 4. The Bertz CT molecular complexity index is 1200. The predicted molar refractivity (Wildman–Crippen MR) is 110 cm³/mol. The molecule has 1 N–H and O–H groups in total. The van der Waals surface area contributed by atoms with Gasteiger partial charge in [-0.1, -0.05) is 13.3 Å². The lowest BCUT2D eigenvalue weighted by Crippen LogP contribution is -2.06. The number of nitrogens with one attached hydrogen (secondary N) is 1. The Morgan fingerprint density at radius 2 is 1.81 bits per heavy atom. The van der Waals surface area contributed by atoms with Gasteiger partial charge in [0.15, 0.2) is 0 Å². The fourth-order valence-corrected chi connectivity index (χ4v) is 3.24. The first-order valence-corrected chi connectivity index (χ1v) is 9.79. The summed E-state index contributed by atoms with van der Waals surface area (Å²) in [5, 5.41) is 7.53. The molecule has 9 heteroatoms. The minimum Gasteiger partial charge on any atom is -0.354 e. The van der Waals surface area contributed by atoms with E-state index in [9.17, 15) is 17.6 Å². The van der Waals surface area contributed by atoms with Crippen LogP contribution in [0.15, 0.2) is 54.9 Å². The van der Waals surface area contributed by atoms with Crippen LogP contribution < -0.4 is 5.32 Å². The van der Waals surface area contributed by atoms with E-state index in [0.717, 1.165) is 25.1 Å². The molecule has 3 aromatic heterocycles. The average molecular weight is 429 g/mol. The van der Waals surface area contributed by atoms with Crippen molar-refractivity contribution in [1.29, 1.82) is 0 Å². The molecule has 4 aromatic rings. The molecule has 0 fully saturated rings. The van der Waals surface area contributed by atoms with Gasteiger partial charge >= 0.3 is 6.18 Å². The summed E-state index contributed by atoms with van der Waals surface area (Å²) in [6, 6.07) is 9.68. The molecule has 3 heterocycles. The zero-order valence-electron chi connectivity index (χ0n) is 16.6. The Labute approximate surface area is 175 Å². The molecule has 0 amide bonds. The number of alkyl halides is 3. The van der Waals surface area contributed by atoms with Gasteiger partial charge in [0.2, 0.25) is 5.95 Å². The monoisotopic (exact) mass is 429 g/mol. The lowest BCUT2D eigenvalue weighted by molar-refractivity contribution is -0.137. The van der Waals surface area contributed by atoms with Gasteiger partial charge in [0.05, 0.1) is 22.3 Å². The first kappa shape index (κ1) is 20.8. The van der Waals surface area contributed by atoms with Crippen LogP contribution >= 0.6 is 0 Å². The van der Waals surface area contributed by atoms with Crippen LogP contribution in [0.3, 0.4) is 0 Å². The number of benzene rings is 1. The molecule has 31 heavy (non-hydrogen) atoms. The number of aromatic nitrogens is 4. The maximum atomic E-state index is 13.4. The van der Waals surface area contributed by atoms with E-state index in [2.05, 4.69) is 27.3 Å². The number of pyridine rings is 1. The van der Waals surface area contributed by atoms with Gasteiger partial charge in [-0.3, -0.25) is 0 Å². The van der Waals surface area contributed by atoms with E-state index in [0.29, 0.717) is 40.5 Å². The van der Waals surface area contributed by atoms with Crippen LogP contribution in [0.5, 0.6) is 0 Å². The predicted octanol–water partition coefficient (Wildman–Crippen LogP) is 5.83. The third-order valence-corrected chi connectivity index (χ3v) is 4.80. The zero-order valence-corrected chi connectivity index (χ0v) is 16.6. The lowest BCUT2D eigenvalue weighted by atomic mass is 10.0. The van der Waals surface area contributed by atoms with Crippen molar-refractivity contribution in [1.82, 2.24) is 19.6 Å². The molecule has 0 radical (unpaired) electrons. The molecule has 0 aliphatic carbocycles. The molecule has 5 nitrogen and oxygen atoms in total. The van der Waals surface area contributed by atoms with Gasteiger partial charge in [-0.15, -0.1) is 0 Å². The van der Waals surface area contributed by atoms with E-state index < -0.39 is 17.6 Å². The summed E-state index contributed by atoms with van der Waals surface area (Å²) in [5.41, 5.74) is 1.64. The van der Waals surface area contributed by atoms with Gasteiger partial charge in [0.25, 0.3) is 0 Å². The van der Waals surface area contributed by atoms with Gasteiger partial charge in [0.1, 0.15) is 11.5 Å². The molecular formula is C22H19F4N5. The van der Waals surface area contributed by atoms with Crippen molar-refractivity contribution >= 4 is 11.5 Å². The van der Waals surface area contributed by atoms with Crippen molar-refractivity contribution < 1.29 is 17.6 Å². The Kier molecular flexibility index (Phi) is 5.58. The van der Waals surface area contributed by atoms with E-state index in [-0.39, 0.29) is 0 Å². The van der Waals surface area contributed by atoms with Crippen molar-refractivity contribution in [2.24, 2.45) is 0 Å².